The van der Waals surface area contributed by atoms with Crippen molar-refractivity contribution in [1.82, 2.24) is 10.0 Å². The van der Waals surface area contributed by atoms with Crippen LogP contribution in [0.25, 0.3) is 0 Å². The molecule has 4 nitrogen and oxygen atoms in total. The SMILES string of the molecule is CSc1cccc(S(=O)(=O)NC2CNCCC2c2ccc(F)c(F)c2)c1. The van der Waals surface area contributed by atoms with Crippen LogP contribution in [0.15, 0.2) is 52.3 Å². The molecule has 2 N–H and O–H groups in total. The fourth-order valence-corrected chi connectivity index (χ4v) is 5.02. The summed E-state index contributed by atoms with van der Waals surface area (Å²) < 4.78 is 55.1. The van der Waals surface area contributed by atoms with E-state index in [0.29, 0.717) is 25.1 Å². The van der Waals surface area contributed by atoms with Gasteiger partial charge >= 0.3 is 0 Å². The standard InChI is InChI=1S/C18H20F2N2O2S2/c1-25-13-3-2-4-14(10-13)26(23,24)22-18-11-21-8-7-15(18)12-5-6-16(19)17(20)9-12/h2-6,9-10,15,18,21-22H,7-8,11H2,1H3. The molecule has 2 atom stereocenters. The van der Waals surface area contributed by atoms with Crippen LogP contribution in [0.5, 0.6) is 0 Å². The quantitative estimate of drug-likeness (QED) is 0.760. The molecule has 0 aliphatic carbocycles. The maximum Gasteiger partial charge on any atom is 0.240 e. The number of benzene rings is 2. The zero-order valence-corrected chi connectivity index (χ0v) is 15.8. The Balaban J connectivity index is 1.86. The van der Waals surface area contributed by atoms with Crippen LogP contribution in [0, 0.1) is 11.6 Å². The van der Waals surface area contributed by atoms with Crippen LogP contribution in [-0.4, -0.2) is 33.8 Å². The second-order valence-corrected chi connectivity index (χ2v) is 8.77. The molecule has 1 fully saturated rings. The van der Waals surface area contributed by atoms with Crippen molar-refractivity contribution in [3.63, 3.8) is 0 Å². The van der Waals surface area contributed by atoms with Gasteiger partial charge in [0.15, 0.2) is 11.6 Å². The van der Waals surface area contributed by atoms with Gasteiger partial charge in [-0.2, -0.15) is 0 Å². The summed E-state index contributed by atoms with van der Waals surface area (Å²) in [5.41, 5.74) is 0.593. The molecule has 0 saturated carbocycles. The Hall–Kier alpha value is -1.48. The fourth-order valence-electron chi connectivity index (χ4n) is 3.16. The van der Waals surface area contributed by atoms with E-state index < -0.39 is 27.7 Å². The first-order chi connectivity index (χ1) is 12.4. The molecule has 0 aromatic heterocycles. The van der Waals surface area contributed by atoms with Crippen LogP contribution in [0.3, 0.4) is 0 Å². The van der Waals surface area contributed by atoms with E-state index in [0.717, 1.165) is 17.0 Å². The Morgan fingerprint density at radius 2 is 1.96 bits per heavy atom. The van der Waals surface area contributed by atoms with Gasteiger partial charge in [-0.25, -0.2) is 21.9 Å². The van der Waals surface area contributed by atoms with Crippen LogP contribution in [0.2, 0.25) is 0 Å². The first kappa shape index (κ1) is 19.3. The summed E-state index contributed by atoms with van der Waals surface area (Å²) in [6.45, 7) is 1.11. The predicted molar refractivity (Wildman–Crippen MR) is 98.9 cm³/mol. The molecule has 0 spiro atoms. The van der Waals surface area contributed by atoms with Gasteiger partial charge in [0.05, 0.1) is 4.90 Å². The normalized spacial score (nSPS) is 20.9. The Kier molecular flexibility index (Phi) is 5.96. The Morgan fingerprint density at radius 3 is 2.69 bits per heavy atom. The van der Waals surface area contributed by atoms with Crippen molar-refractivity contribution in [3.05, 3.63) is 59.7 Å². The zero-order chi connectivity index (χ0) is 18.7. The molecule has 3 rings (SSSR count). The lowest BCUT2D eigenvalue weighted by Gasteiger charge is -2.33. The molecular formula is C18H20F2N2O2S2. The monoisotopic (exact) mass is 398 g/mol. The second-order valence-electron chi connectivity index (χ2n) is 6.18. The molecule has 2 unspecified atom stereocenters. The van der Waals surface area contributed by atoms with E-state index in [1.807, 2.05) is 12.3 Å². The van der Waals surface area contributed by atoms with Crippen LogP contribution < -0.4 is 10.0 Å². The fraction of sp³-hybridized carbons (Fsp3) is 0.333. The Labute approximate surface area is 156 Å². The lowest BCUT2D eigenvalue weighted by molar-refractivity contribution is 0.376. The average Bonchev–Trinajstić information content (AvgIpc) is 2.64. The molecule has 1 aliphatic heterocycles. The summed E-state index contributed by atoms with van der Waals surface area (Å²) in [6.07, 6.45) is 2.51. The number of nitrogens with one attached hydrogen (secondary N) is 2. The number of halogens is 2. The maximum atomic E-state index is 13.6. The maximum absolute atomic E-state index is 13.6. The van der Waals surface area contributed by atoms with Crippen molar-refractivity contribution < 1.29 is 17.2 Å². The highest BCUT2D eigenvalue weighted by molar-refractivity contribution is 7.98. The highest BCUT2D eigenvalue weighted by atomic mass is 32.2. The molecule has 1 saturated heterocycles. The second kappa shape index (κ2) is 8.04. The summed E-state index contributed by atoms with van der Waals surface area (Å²) in [5, 5.41) is 3.16. The summed E-state index contributed by atoms with van der Waals surface area (Å²) >= 11 is 1.46. The lowest BCUT2D eigenvalue weighted by Crippen LogP contribution is -2.49. The Morgan fingerprint density at radius 1 is 1.15 bits per heavy atom. The van der Waals surface area contributed by atoms with Crippen molar-refractivity contribution in [1.29, 1.82) is 0 Å². The van der Waals surface area contributed by atoms with Crippen LogP contribution in [-0.2, 0) is 10.0 Å². The van der Waals surface area contributed by atoms with Crippen LogP contribution in [0.4, 0.5) is 8.78 Å². The molecule has 0 amide bonds. The smallest absolute Gasteiger partial charge is 0.240 e. The molecule has 26 heavy (non-hydrogen) atoms. The van der Waals surface area contributed by atoms with Gasteiger partial charge in [-0.15, -0.1) is 11.8 Å². The van der Waals surface area contributed by atoms with Gasteiger partial charge in [0, 0.05) is 23.4 Å². The number of rotatable bonds is 5. The zero-order valence-electron chi connectivity index (χ0n) is 14.2. The number of sulfonamides is 1. The minimum atomic E-state index is -3.72. The highest BCUT2D eigenvalue weighted by Crippen LogP contribution is 2.28. The topological polar surface area (TPSA) is 58.2 Å². The molecule has 1 heterocycles. The van der Waals surface area contributed by atoms with Crippen molar-refractivity contribution in [2.45, 2.75) is 28.2 Å². The van der Waals surface area contributed by atoms with E-state index >= 15 is 0 Å². The summed E-state index contributed by atoms with van der Waals surface area (Å²) in [4.78, 5) is 1.05. The van der Waals surface area contributed by atoms with Gasteiger partial charge in [0.25, 0.3) is 0 Å². The van der Waals surface area contributed by atoms with E-state index in [2.05, 4.69) is 10.0 Å². The predicted octanol–water partition coefficient (Wildman–Crippen LogP) is 3.11. The average molecular weight is 399 g/mol. The molecule has 2 aromatic carbocycles. The van der Waals surface area contributed by atoms with Crippen molar-refractivity contribution in [3.8, 4) is 0 Å². The number of piperidine rings is 1. The molecule has 2 aromatic rings. The summed E-state index contributed by atoms with van der Waals surface area (Å²) in [5.74, 6) is -2.06. The third-order valence-electron chi connectivity index (χ3n) is 4.51. The van der Waals surface area contributed by atoms with Crippen molar-refractivity contribution in [2.75, 3.05) is 19.3 Å². The minimum Gasteiger partial charge on any atom is -0.315 e. The molecule has 8 heteroatoms. The first-order valence-electron chi connectivity index (χ1n) is 8.23. The molecule has 140 valence electrons. The van der Waals surface area contributed by atoms with Crippen LogP contribution in [0.1, 0.15) is 17.9 Å². The summed E-state index contributed by atoms with van der Waals surface area (Å²) in [6, 6.07) is 10.0. The van der Waals surface area contributed by atoms with E-state index in [4.69, 9.17) is 0 Å². The van der Waals surface area contributed by atoms with E-state index in [-0.39, 0.29) is 10.8 Å². The van der Waals surface area contributed by atoms with Crippen molar-refractivity contribution >= 4 is 21.8 Å². The molecule has 1 aliphatic rings. The van der Waals surface area contributed by atoms with E-state index in [1.165, 1.54) is 17.8 Å². The molecule has 0 radical (unpaired) electrons. The van der Waals surface area contributed by atoms with Crippen LogP contribution >= 0.6 is 11.8 Å². The lowest BCUT2D eigenvalue weighted by atomic mass is 9.86. The minimum absolute atomic E-state index is 0.193. The molecule has 0 bridgehead atoms. The number of thioether (sulfide) groups is 1. The summed E-state index contributed by atoms with van der Waals surface area (Å²) in [7, 11) is -3.72. The highest BCUT2D eigenvalue weighted by Gasteiger charge is 2.31. The third-order valence-corrected chi connectivity index (χ3v) is 6.72. The largest absolute Gasteiger partial charge is 0.315 e. The molecular weight excluding hydrogens is 378 g/mol. The third kappa shape index (κ3) is 4.25. The van der Waals surface area contributed by atoms with Gasteiger partial charge in [-0.3, -0.25) is 0 Å². The van der Waals surface area contributed by atoms with E-state index in [1.54, 1.807) is 18.2 Å². The van der Waals surface area contributed by atoms with Crippen molar-refractivity contribution in [2.24, 2.45) is 0 Å². The van der Waals surface area contributed by atoms with Gasteiger partial charge in [0.2, 0.25) is 10.0 Å². The van der Waals surface area contributed by atoms with E-state index in [9.17, 15) is 17.2 Å². The Bertz CT molecular complexity index is 891. The number of hydrogen-bond donors (Lipinski definition) is 2. The van der Waals surface area contributed by atoms with Gasteiger partial charge < -0.3 is 5.32 Å². The number of hydrogen-bond acceptors (Lipinski definition) is 4. The van der Waals surface area contributed by atoms with Gasteiger partial charge in [-0.05, 0) is 55.1 Å². The first-order valence-corrected chi connectivity index (χ1v) is 10.9. The van der Waals surface area contributed by atoms with Gasteiger partial charge in [0.1, 0.15) is 0 Å². The van der Waals surface area contributed by atoms with Gasteiger partial charge in [-0.1, -0.05) is 12.1 Å².